The van der Waals surface area contributed by atoms with Gasteiger partial charge in [-0.25, -0.2) is 0 Å². The molecule has 2 N–H and O–H groups in total. The molecule has 0 aliphatic heterocycles. The molecule has 0 bridgehead atoms. The van der Waals surface area contributed by atoms with E-state index in [1.165, 1.54) is 12.1 Å². The number of rotatable bonds is 3. The molecule has 0 fully saturated rings. The van der Waals surface area contributed by atoms with Crippen LogP contribution in [0.3, 0.4) is 0 Å². The molecule has 0 unspecified atom stereocenters. The van der Waals surface area contributed by atoms with E-state index in [0.717, 1.165) is 17.5 Å². The van der Waals surface area contributed by atoms with E-state index >= 15 is 0 Å². The van der Waals surface area contributed by atoms with Gasteiger partial charge in [0.05, 0.1) is 5.56 Å². The normalized spacial score (nSPS) is 11.8. The first kappa shape index (κ1) is 14.3. The van der Waals surface area contributed by atoms with E-state index in [1.807, 2.05) is 0 Å². The largest absolute Gasteiger partial charge is 0.486 e. The summed E-state index contributed by atoms with van der Waals surface area (Å²) in [6, 6.07) is 11.7. The first-order chi connectivity index (χ1) is 10.4. The Morgan fingerprint density at radius 3 is 2.55 bits per heavy atom. The predicted octanol–water partition coefficient (Wildman–Crippen LogP) is 4.61. The van der Waals surface area contributed by atoms with Crippen molar-refractivity contribution in [3.8, 4) is 5.75 Å². The number of fused-ring (bicyclic) bond motifs is 1. The molecule has 3 rings (SSSR count). The molecular formula is C16H12F3NO2. The van der Waals surface area contributed by atoms with Crippen molar-refractivity contribution in [1.82, 2.24) is 0 Å². The van der Waals surface area contributed by atoms with Crippen molar-refractivity contribution in [2.24, 2.45) is 0 Å². The number of benzene rings is 2. The van der Waals surface area contributed by atoms with E-state index in [9.17, 15) is 13.2 Å². The summed E-state index contributed by atoms with van der Waals surface area (Å²) in [5.74, 6) is 0.619. The number of alkyl halides is 3. The van der Waals surface area contributed by atoms with Crippen molar-refractivity contribution in [3.63, 3.8) is 0 Å². The number of hydrogen-bond donors (Lipinski definition) is 1. The number of furan rings is 1. The van der Waals surface area contributed by atoms with Gasteiger partial charge in [-0.15, -0.1) is 0 Å². The second-order valence-electron chi connectivity index (χ2n) is 4.79. The molecule has 1 aromatic heterocycles. The zero-order valence-corrected chi connectivity index (χ0v) is 11.4. The highest BCUT2D eigenvalue weighted by Crippen LogP contribution is 2.32. The van der Waals surface area contributed by atoms with E-state index in [4.69, 9.17) is 14.9 Å². The molecule has 6 heteroatoms. The van der Waals surface area contributed by atoms with Crippen LogP contribution < -0.4 is 10.5 Å². The van der Waals surface area contributed by atoms with Crippen LogP contribution >= 0.6 is 0 Å². The minimum Gasteiger partial charge on any atom is -0.486 e. The smallest absolute Gasteiger partial charge is 0.416 e. The van der Waals surface area contributed by atoms with Gasteiger partial charge in [-0.2, -0.15) is 13.2 Å². The van der Waals surface area contributed by atoms with Gasteiger partial charge in [-0.1, -0.05) is 12.1 Å². The van der Waals surface area contributed by atoms with E-state index < -0.39 is 11.7 Å². The third-order valence-electron chi connectivity index (χ3n) is 3.19. The van der Waals surface area contributed by atoms with Crippen LogP contribution in [0.15, 0.2) is 52.9 Å². The second kappa shape index (κ2) is 5.29. The SMILES string of the molecule is Nc1cccc2oc(COc3cccc(C(F)(F)F)c3)cc12. The lowest BCUT2D eigenvalue weighted by Gasteiger charge is -2.09. The molecule has 0 radical (unpaired) electrons. The minimum atomic E-state index is -4.40. The lowest BCUT2D eigenvalue weighted by Crippen LogP contribution is -2.05. The molecule has 0 saturated heterocycles. The molecule has 0 aliphatic rings. The molecule has 1 heterocycles. The first-order valence-electron chi connectivity index (χ1n) is 6.50. The van der Waals surface area contributed by atoms with E-state index in [1.54, 1.807) is 24.3 Å². The third kappa shape index (κ3) is 2.86. The summed E-state index contributed by atoms with van der Waals surface area (Å²) >= 11 is 0. The van der Waals surface area contributed by atoms with Crippen LogP contribution in [0.4, 0.5) is 18.9 Å². The van der Waals surface area contributed by atoms with Gasteiger partial charge in [-0.3, -0.25) is 0 Å². The number of halogens is 3. The Kier molecular flexibility index (Phi) is 3.44. The maximum Gasteiger partial charge on any atom is 0.416 e. The average Bonchev–Trinajstić information content (AvgIpc) is 2.89. The Morgan fingerprint density at radius 1 is 1.05 bits per heavy atom. The Balaban J connectivity index is 1.78. The van der Waals surface area contributed by atoms with Crippen LogP contribution in [0.2, 0.25) is 0 Å². The van der Waals surface area contributed by atoms with Gasteiger partial charge >= 0.3 is 6.18 Å². The Labute approximate surface area is 124 Å². The zero-order chi connectivity index (χ0) is 15.7. The Bertz CT molecular complexity index is 809. The minimum absolute atomic E-state index is 0.0232. The van der Waals surface area contributed by atoms with Crippen molar-refractivity contribution in [1.29, 1.82) is 0 Å². The fourth-order valence-corrected chi connectivity index (χ4v) is 2.12. The van der Waals surface area contributed by atoms with Gasteiger partial charge in [-0.05, 0) is 36.4 Å². The molecule has 0 atom stereocenters. The maximum atomic E-state index is 12.6. The monoisotopic (exact) mass is 307 g/mol. The molecular weight excluding hydrogens is 295 g/mol. The number of nitrogens with two attached hydrogens (primary N) is 1. The summed E-state index contributed by atoms with van der Waals surface area (Å²) in [7, 11) is 0. The fraction of sp³-hybridized carbons (Fsp3) is 0.125. The van der Waals surface area contributed by atoms with Crippen LogP contribution in [-0.2, 0) is 12.8 Å². The highest BCUT2D eigenvalue weighted by molar-refractivity contribution is 5.89. The summed E-state index contributed by atoms with van der Waals surface area (Å²) in [5, 5.41) is 0.755. The summed E-state index contributed by atoms with van der Waals surface area (Å²) < 4.78 is 48.8. The number of anilines is 1. The fourth-order valence-electron chi connectivity index (χ4n) is 2.12. The zero-order valence-electron chi connectivity index (χ0n) is 11.4. The molecule has 2 aromatic carbocycles. The summed E-state index contributed by atoms with van der Waals surface area (Å²) in [4.78, 5) is 0. The van der Waals surface area contributed by atoms with Crippen molar-refractivity contribution in [2.75, 3.05) is 5.73 Å². The summed E-state index contributed by atoms with van der Waals surface area (Å²) in [6.07, 6.45) is -4.40. The first-order valence-corrected chi connectivity index (χ1v) is 6.50. The Morgan fingerprint density at radius 2 is 1.82 bits per heavy atom. The summed E-state index contributed by atoms with van der Waals surface area (Å²) in [5.41, 5.74) is 6.26. The lowest BCUT2D eigenvalue weighted by molar-refractivity contribution is -0.137. The van der Waals surface area contributed by atoms with Crippen LogP contribution in [-0.4, -0.2) is 0 Å². The number of hydrogen-bond acceptors (Lipinski definition) is 3. The second-order valence-corrected chi connectivity index (χ2v) is 4.79. The standard InChI is InChI=1S/C16H12F3NO2/c17-16(18,19)10-3-1-4-11(7-10)21-9-12-8-13-14(20)5-2-6-15(13)22-12/h1-8H,9,20H2. The highest BCUT2D eigenvalue weighted by atomic mass is 19.4. The molecule has 0 aliphatic carbocycles. The average molecular weight is 307 g/mol. The number of ether oxygens (including phenoxy) is 1. The van der Waals surface area contributed by atoms with Gasteiger partial charge < -0.3 is 14.9 Å². The van der Waals surface area contributed by atoms with Crippen LogP contribution in [0.1, 0.15) is 11.3 Å². The summed E-state index contributed by atoms with van der Waals surface area (Å²) in [6.45, 7) is 0.0232. The van der Waals surface area contributed by atoms with Crippen molar-refractivity contribution >= 4 is 16.7 Å². The molecule has 3 aromatic rings. The van der Waals surface area contributed by atoms with E-state index in [2.05, 4.69) is 0 Å². The van der Waals surface area contributed by atoms with Gasteiger partial charge in [0, 0.05) is 11.1 Å². The molecule has 22 heavy (non-hydrogen) atoms. The molecule has 3 nitrogen and oxygen atoms in total. The third-order valence-corrected chi connectivity index (χ3v) is 3.19. The maximum absolute atomic E-state index is 12.6. The highest BCUT2D eigenvalue weighted by Gasteiger charge is 2.30. The predicted molar refractivity (Wildman–Crippen MR) is 76.4 cm³/mol. The molecule has 0 amide bonds. The quantitative estimate of drug-likeness (QED) is 0.719. The van der Waals surface area contributed by atoms with Crippen molar-refractivity contribution < 1.29 is 22.3 Å². The molecule has 0 spiro atoms. The Hall–Kier alpha value is -2.63. The van der Waals surface area contributed by atoms with Crippen LogP contribution in [0, 0.1) is 0 Å². The van der Waals surface area contributed by atoms with Crippen molar-refractivity contribution in [3.05, 3.63) is 59.9 Å². The van der Waals surface area contributed by atoms with Crippen LogP contribution in [0.5, 0.6) is 5.75 Å². The van der Waals surface area contributed by atoms with Crippen molar-refractivity contribution in [2.45, 2.75) is 12.8 Å². The molecule has 0 saturated carbocycles. The van der Waals surface area contributed by atoms with Gasteiger partial charge in [0.1, 0.15) is 23.7 Å². The number of nitrogen functional groups attached to an aromatic ring is 1. The van der Waals surface area contributed by atoms with E-state index in [0.29, 0.717) is 17.0 Å². The van der Waals surface area contributed by atoms with E-state index in [-0.39, 0.29) is 12.4 Å². The topological polar surface area (TPSA) is 48.4 Å². The van der Waals surface area contributed by atoms with Gasteiger partial charge in [0.2, 0.25) is 0 Å². The van der Waals surface area contributed by atoms with Gasteiger partial charge in [0.15, 0.2) is 0 Å². The van der Waals surface area contributed by atoms with Gasteiger partial charge in [0.25, 0.3) is 0 Å². The molecule has 114 valence electrons. The van der Waals surface area contributed by atoms with Crippen LogP contribution in [0.25, 0.3) is 11.0 Å². The lowest BCUT2D eigenvalue weighted by atomic mass is 10.2.